The number of nitrogens with zero attached hydrogens (tertiary/aromatic N) is 2. The van der Waals surface area contributed by atoms with Crippen molar-refractivity contribution in [2.24, 2.45) is 0 Å². The van der Waals surface area contributed by atoms with Gasteiger partial charge in [-0.15, -0.1) is 0 Å². The number of urea groups is 1. The Balaban J connectivity index is 1.49. The van der Waals surface area contributed by atoms with Crippen molar-refractivity contribution in [3.8, 4) is 0 Å². The Kier molecular flexibility index (Phi) is 5.09. The van der Waals surface area contributed by atoms with Gasteiger partial charge in [-0.2, -0.15) is 0 Å². The normalized spacial score (nSPS) is 19.1. The van der Waals surface area contributed by atoms with Crippen LogP contribution >= 0.6 is 15.9 Å². The topological polar surface area (TPSA) is 52.7 Å². The number of likely N-dealkylation sites (tertiary alicyclic amines) is 1. The Hall–Kier alpha value is -2.44. The minimum absolute atomic E-state index is 0.287. The zero-order valence-corrected chi connectivity index (χ0v) is 16.4. The molecular weight excluding hydrogens is 406 g/mol. The summed E-state index contributed by atoms with van der Waals surface area (Å²) in [7, 11) is 0. The molecule has 0 saturated carbocycles. The van der Waals surface area contributed by atoms with Crippen LogP contribution in [0.2, 0.25) is 0 Å². The number of carbonyl (C=O) groups is 2. The molecule has 2 saturated heterocycles. The number of anilines is 1. The first-order valence-corrected chi connectivity index (χ1v) is 9.83. The van der Waals surface area contributed by atoms with E-state index >= 15 is 0 Å². The summed E-state index contributed by atoms with van der Waals surface area (Å²) in [5.41, 5.74) is 2.99. The number of nitrogens with one attached hydrogen (secondary N) is 1. The molecule has 2 aromatic rings. The minimum Gasteiger partial charge on any atom is -0.302 e. The molecule has 0 bridgehead atoms. The third-order valence-electron chi connectivity index (χ3n) is 4.86. The van der Waals surface area contributed by atoms with Crippen LogP contribution in [0.4, 0.5) is 10.5 Å². The van der Waals surface area contributed by atoms with Crippen molar-refractivity contribution in [1.82, 2.24) is 10.2 Å². The number of hydrogen-bond donors (Lipinski definition) is 1. The van der Waals surface area contributed by atoms with E-state index in [1.165, 1.54) is 18.4 Å². The highest BCUT2D eigenvalue weighted by molar-refractivity contribution is 9.10. The highest BCUT2D eigenvalue weighted by atomic mass is 79.9. The summed E-state index contributed by atoms with van der Waals surface area (Å²) in [6, 6.07) is 14.8. The molecule has 0 spiro atoms. The first-order chi connectivity index (χ1) is 13.1. The van der Waals surface area contributed by atoms with Gasteiger partial charge >= 0.3 is 6.03 Å². The van der Waals surface area contributed by atoms with Gasteiger partial charge < -0.3 is 5.32 Å². The van der Waals surface area contributed by atoms with Gasteiger partial charge in [0.2, 0.25) is 0 Å². The summed E-state index contributed by atoms with van der Waals surface area (Å²) < 4.78 is 0.892. The number of benzene rings is 2. The monoisotopic (exact) mass is 425 g/mol. The zero-order valence-electron chi connectivity index (χ0n) is 14.8. The molecule has 2 fully saturated rings. The lowest BCUT2D eigenvalue weighted by molar-refractivity contribution is -0.113. The van der Waals surface area contributed by atoms with Gasteiger partial charge in [0.1, 0.15) is 5.70 Å². The van der Waals surface area contributed by atoms with Crippen molar-refractivity contribution < 1.29 is 9.59 Å². The number of hydrogen-bond acceptors (Lipinski definition) is 3. The van der Waals surface area contributed by atoms with Crippen LogP contribution in [0.3, 0.4) is 0 Å². The molecule has 138 valence electrons. The Morgan fingerprint density at radius 3 is 2.30 bits per heavy atom. The molecule has 5 nitrogen and oxygen atoms in total. The largest absolute Gasteiger partial charge is 0.333 e. The van der Waals surface area contributed by atoms with E-state index in [0.717, 1.165) is 34.6 Å². The lowest BCUT2D eigenvalue weighted by atomic mass is 10.1. The SMILES string of the molecule is O=C1N/C(=C\c2ccc(CN3CCCC3)cc2)C(=O)N1c1ccc(Br)cc1. The fourth-order valence-corrected chi connectivity index (χ4v) is 3.71. The van der Waals surface area contributed by atoms with Gasteiger partial charge in [-0.25, -0.2) is 9.69 Å². The van der Waals surface area contributed by atoms with E-state index in [0.29, 0.717) is 5.69 Å². The number of halogens is 1. The number of imide groups is 1. The van der Waals surface area contributed by atoms with Crippen LogP contribution in [0.25, 0.3) is 6.08 Å². The lowest BCUT2D eigenvalue weighted by Gasteiger charge is -2.14. The van der Waals surface area contributed by atoms with Crippen LogP contribution in [0.5, 0.6) is 0 Å². The first kappa shape index (κ1) is 17.9. The van der Waals surface area contributed by atoms with Crippen LogP contribution in [0, 0.1) is 0 Å². The summed E-state index contributed by atoms with van der Waals surface area (Å²) in [6.45, 7) is 3.29. The van der Waals surface area contributed by atoms with E-state index in [2.05, 4.69) is 38.3 Å². The van der Waals surface area contributed by atoms with E-state index in [1.807, 2.05) is 12.1 Å². The van der Waals surface area contributed by atoms with E-state index in [1.54, 1.807) is 30.3 Å². The third-order valence-corrected chi connectivity index (χ3v) is 5.39. The van der Waals surface area contributed by atoms with Crippen molar-refractivity contribution in [1.29, 1.82) is 0 Å². The molecule has 27 heavy (non-hydrogen) atoms. The molecule has 0 unspecified atom stereocenters. The van der Waals surface area contributed by atoms with Crippen LogP contribution in [-0.4, -0.2) is 29.9 Å². The smallest absolute Gasteiger partial charge is 0.302 e. The van der Waals surface area contributed by atoms with E-state index in [9.17, 15) is 9.59 Å². The molecule has 2 aliphatic heterocycles. The molecule has 4 rings (SSSR count). The minimum atomic E-state index is -0.431. The van der Waals surface area contributed by atoms with Gasteiger partial charge in [-0.1, -0.05) is 40.2 Å². The maximum absolute atomic E-state index is 12.7. The second-order valence-corrected chi connectivity index (χ2v) is 7.75. The van der Waals surface area contributed by atoms with Crippen LogP contribution in [0.1, 0.15) is 24.0 Å². The fraction of sp³-hybridized carbons (Fsp3) is 0.238. The summed E-state index contributed by atoms with van der Waals surface area (Å²) in [5, 5.41) is 2.67. The Morgan fingerprint density at radius 2 is 1.63 bits per heavy atom. The van der Waals surface area contributed by atoms with Gasteiger partial charge in [0, 0.05) is 11.0 Å². The molecule has 6 heteroatoms. The predicted octanol–water partition coefficient (Wildman–Crippen LogP) is 4.14. The van der Waals surface area contributed by atoms with Crippen molar-refractivity contribution in [2.75, 3.05) is 18.0 Å². The molecule has 2 aromatic carbocycles. The van der Waals surface area contributed by atoms with Crippen molar-refractivity contribution >= 4 is 39.6 Å². The Bertz CT molecular complexity index is 885. The van der Waals surface area contributed by atoms with E-state index < -0.39 is 6.03 Å². The van der Waals surface area contributed by atoms with Crippen LogP contribution < -0.4 is 10.2 Å². The van der Waals surface area contributed by atoms with Gasteiger partial charge in [-0.3, -0.25) is 9.69 Å². The highest BCUT2D eigenvalue weighted by Crippen LogP contribution is 2.24. The second kappa shape index (κ2) is 7.66. The maximum atomic E-state index is 12.7. The van der Waals surface area contributed by atoms with Gasteiger partial charge in [-0.05, 0) is 67.4 Å². The van der Waals surface area contributed by atoms with Crippen molar-refractivity contribution in [3.05, 3.63) is 69.8 Å². The number of amides is 3. The summed E-state index contributed by atoms with van der Waals surface area (Å²) >= 11 is 3.36. The number of carbonyl (C=O) groups excluding carboxylic acids is 2. The lowest BCUT2D eigenvalue weighted by Crippen LogP contribution is -2.30. The molecule has 1 N–H and O–H groups in total. The van der Waals surface area contributed by atoms with Gasteiger partial charge in [0.05, 0.1) is 5.69 Å². The molecule has 0 aromatic heterocycles. The van der Waals surface area contributed by atoms with Gasteiger partial charge in [0.15, 0.2) is 0 Å². The average molecular weight is 426 g/mol. The second-order valence-electron chi connectivity index (χ2n) is 6.83. The Morgan fingerprint density at radius 1 is 0.963 bits per heavy atom. The number of rotatable bonds is 4. The summed E-state index contributed by atoms with van der Waals surface area (Å²) in [6.07, 6.45) is 4.28. The highest BCUT2D eigenvalue weighted by Gasteiger charge is 2.34. The standard InChI is InChI=1S/C21H20BrN3O2/c22-17-7-9-18(10-8-17)25-20(26)19(23-21(25)27)13-15-3-5-16(6-4-15)14-24-11-1-2-12-24/h3-10,13H,1-2,11-12,14H2,(H,23,27)/b19-13-. The maximum Gasteiger partial charge on any atom is 0.333 e. The molecular formula is C21H20BrN3O2. The van der Waals surface area contributed by atoms with Crippen LogP contribution in [0.15, 0.2) is 58.7 Å². The van der Waals surface area contributed by atoms with Crippen LogP contribution in [-0.2, 0) is 11.3 Å². The molecule has 0 atom stereocenters. The quantitative estimate of drug-likeness (QED) is 0.591. The summed E-state index contributed by atoms with van der Waals surface area (Å²) in [5.74, 6) is -0.344. The molecule has 2 aliphatic rings. The fourth-order valence-electron chi connectivity index (χ4n) is 3.44. The van der Waals surface area contributed by atoms with E-state index in [4.69, 9.17) is 0 Å². The average Bonchev–Trinajstić information content (AvgIpc) is 3.26. The molecule has 0 radical (unpaired) electrons. The first-order valence-electron chi connectivity index (χ1n) is 9.04. The molecule has 0 aliphatic carbocycles. The zero-order chi connectivity index (χ0) is 18.8. The van der Waals surface area contributed by atoms with E-state index in [-0.39, 0.29) is 11.6 Å². The Labute approximate surface area is 166 Å². The third kappa shape index (κ3) is 3.96. The molecule has 2 heterocycles. The van der Waals surface area contributed by atoms with Crippen molar-refractivity contribution in [3.63, 3.8) is 0 Å². The van der Waals surface area contributed by atoms with Gasteiger partial charge in [0.25, 0.3) is 5.91 Å². The molecule has 3 amide bonds. The van der Waals surface area contributed by atoms with Crippen molar-refractivity contribution in [2.45, 2.75) is 19.4 Å². The predicted molar refractivity (Wildman–Crippen MR) is 109 cm³/mol. The summed E-state index contributed by atoms with van der Waals surface area (Å²) in [4.78, 5) is 28.5.